The fourth-order valence-electron chi connectivity index (χ4n) is 3.68. The monoisotopic (exact) mass is 520 g/mol. The van der Waals surface area contributed by atoms with Gasteiger partial charge in [0.25, 0.3) is 11.8 Å². The lowest BCUT2D eigenvalue weighted by atomic mass is 10.0. The molecule has 4 aromatic rings. The number of fused-ring (bicyclic) bond motifs is 2. The molecule has 3 N–H and O–H groups in total. The van der Waals surface area contributed by atoms with Gasteiger partial charge in [0.05, 0.1) is 17.8 Å². The molecular formula is C22H15ClF2N6O3S. The zero-order chi connectivity index (χ0) is 28.3. The molecule has 1 aliphatic rings. The van der Waals surface area contributed by atoms with Crippen molar-refractivity contribution in [3.8, 4) is 0 Å². The zero-order valence-electron chi connectivity index (χ0n) is 21.3. The van der Waals surface area contributed by atoms with Crippen molar-refractivity contribution in [1.29, 1.82) is 0 Å². The van der Waals surface area contributed by atoms with Crippen molar-refractivity contribution in [2.75, 3.05) is 12.3 Å². The van der Waals surface area contributed by atoms with Crippen molar-refractivity contribution >= 4 is 56.8 Å². The van der Waals surface area contributed by atoms with Crippen molar-refractivity contribution in [2.24, 2.45) is 0 Å². The van der Waals surface area contributed by atoms with Crippen LogP contribution in [0.25, 0.3) is 10.1 Å². The second-order valence-corrected chi connectivity index (χ2v) is 8.56. The van der Waals surface area contributed by atoms with E-state index >= 15 is 0 Å². The van der Waals surface area contributed by atoms with Crippen LogP contribution in [0.2, 0.25) is 5.02 Å². The van der Waals surface area contributed by atoms with Crippen LogP contribution in [0.4, 0.5) is 14.6 Å². The maximum atomic E-state index is 14.2. The van der Waals surface area contributed by atoms with E-state index in [9.17, 15) is 23.2 Å². The van der Waals surface area contributed by atoms with Gasteiger partial charge in [0.15, 0.2) is 5.82 Å². The Labute approximate surface area is 210 Å². The van der Waals surface area contributed by atoms with E-state index in [1.54, 1.807) is 5.32 Å². The number of nitrogens with one attached hydrogen (secondary N) is 3. The number of carbonyl (C=O) groups excluding carboxylic acids is 3. The Balaban J connectivity index is 1.69. The van der Waals surface area contributed by atoms with Gasteiger partial charge in [-0.25, -0.2) is 13.8 Å². The SMILES string of the molecule is [2H]C([2H])([2H])NC(=O)c1nc(NC(=O)c2nsc3ccc(F)cc23)c2n1CC(=O)N[C@@]2([2H])c1cc(F)ccc1Cl. The van der Waals surface area contributed by atoms with E-state index in [-0.39, 0.29) is 27.4 Å². The van der Waals surface area contributed by atoms with Gasteiger partial charge in [-0.3, -0.25) is 14.4 Å². The summed E-state index contributed by atoms with van der Waals surface area (Å²) in [7, 11) is 0. The summed E-state index contributed by atoms with van der Waals surface area (Å²) in [5.41, 5.74) is -0.758. The summed E-state index contributed by atoms with van der Waals surface area (Å²) in [5, 5.41) is 6.60. The minimum absolute atomic E-state index is 0.131. The Bertz CT molecular complexity index is 1690. The van der Waals surface area contributed by atoms with Crippen LogP contribution in [-0.4, -0.2) is 38.6 Å². The minimum atomic E-state index is -2.93. The van der Waals surface area contributed by atoms with Crippen LogP contribution in [0.5, 0.6) is 0 Å². The third kappa shape index (κ3) is 4.00. The molecule has 0 fully saturated rings. The molecule has 2 aromatic carbocycles. The summed E-state index contributed by atoms with van der Waals surface area (Å²) in [6.07, 6.45) is 0. The van der Waals surface area contributed by atoms with E-state index < -0.39 is 60.5 Å². The van der Waals surface area contributed by atoms with Gasteiger partial charge in [-0.05, 0) is 47.9 Å². The third-order valence-corrected chi connectivity index (χ3v) is 6.32. The second-order valence-electron chi connectivity index (χ2n) is 7.35. The van der Waals surface area contributed by atoms with Crippen molar-refractivity contribution < 1.29 is 28.6 Å². The van der Waals surface area contributed by atoms with Gasteiger partial charge in [0.2, 0.25) is 11.7 Å². The minimum Gasteiger partial charge on any atom is -0.352 e. The molecule has 178 valence electrons. The van der Waals surface area contributed by atoms with Crippen molar-refractivity contribution in [3.63, 3.8) is 0 Å². The summed E-state index contributed by atoms with van der Waals surface area (Å²) in [4.78, 5) is 42.8. The number of carbonyl (C=O) groups is 3. The summed E-state index contributed by atoms with van der Waals surface area (Å²) in [6, 6.07) is 4.42. The maximum Gasteiger partial charge on any atom is 0.287 e. The van der Waals surface area contributed by atoms with Crippen LogP contribution in [0.1, 0.15) is 43.9 Å². The lowest BCUT2D eigenvalue weighted by molar-refractivity contribution is -0.123. The van der Waals surface area contributed by atoms with E-state index in [2.05, 4.69) is 20.0 Å². The van der Waals surface area contributed by atoms with Crippen molar-refractivity contribution in [1.82, 2.24) is 24.6 Å². The van der Waals surface area contributed by atoms with Crippen LogP contribution in [0.15, 0.2) is 36.4 Å². The van der Waals surface area contributed by atoms with E-state index in [1.807, 2.05) is 0 Å². The molecule has 2 aromatic heterocycles. The molecule has 1 aliphatic heterocycles. The standard InChI is InChI=1S/C22H15ClF2N6O3S/c1-26-22(34)20-28-19(29-21(33)17-12-7-10(25)3-5-14(12)35-30-17)18-16(27-15(32)8-31(18)20)11-6-9(24)2-4-13(11)23/h2-7,16H,8H2,1H3,(H,26,34)(H,27,32)(H,29,33)/t16-/m0/s1/i1D3,16D. The zero-order valence-corrected chi connectivity index (χ0v) is 18.9. The van der Waals surface area contributed by atoms with Gasteiger partial charge in [0.1, 0.15) is 23.9 Å². The number of imidazole rings is 1. The van der Waals surface area contributed by atoms with Gasteiger partial charge >= 0.3 is 0 Å². The van der Waals surface area contributed by atoms with Crippen LogP contribution in [0.3, 0.4) is 0 Å². The summed E-state index contributed by atoms with van der Waals surface area (Å²) in [6.45, 7) is -3.53. The number of halogens is 3. The molecule has 0 unspecified atom stereocenters. The van der Waals surface area contributed by atoms with E-state index in [0.29, 0.717) is 4.70 Å². The second kappa shape index (κ2) is 8.71. The molecule has 0 spiro atoms. The molecule has 35 heavy (non-hydrogen) atoms. The number of aromatic nitrogens is 3. The molecule has 0 saturated carbocycles. The van der Waals surface area contributed by atoms with E-state index in [4.69, 9.17) is 17.1 Å². The highest BCUT2D eigenvalue weighted by Gasteiger charge is 2.36. The fraction of sp³-hybridized carbons (Fsp3) is 0.136. The average Bonchev–Trinajstić information content (AvgIpc) is 3.41. The predicted octanol–water partition coefficient (Wildman–Crippen LogP) is 3.26. The number of nitrogens with zero attached hydrogens (tertiary/aromatic N) is 3. The van der Waals surface area contributed by atoms with Gasteiger partial charge in [-0.15, -0.1) is 0 Å². The molecule has 3 heterocycles. The first-order chi connectivity index (χ1) is 18.3. The van der Waals surface area contributed by atoms with Crippen LogP contribution in [-0.2, 0) is 11.3 Å². The number of rotatable bonds is 4. The van der Waals surface area contributed by atoms with Gasteiger partial charge in [0, 0.05) is 27.1 Å². The maximum absolute atomic E-state index is 14.2. The van der Waals surface area contributed by atoms with Gasteiger partial charge in [-0.1, -0.05) is 11.6 Å². The average molecular weight is 521 g/mol. The van der Waals surface area contributed by atoms with Crippen molar-refractivity contribution in [2.45, 2.75) is 12.6 Å². The van der Waals surface area contributed by atoms with Crippen LogP contribution < -0.4 is 16.0 Å². The molecule has 9 nitrogen and oxygen atoms in total. The predicted molar refractivity (Wildman–Crippen MR) is 125 cm³/mol. The third-order valence-electron chi connectivity index (χ3n) is 5.16. The quantitative estimate of drug-likeness (QED) is 0.382. The Hall–Kier alpha value is -3.90. The summed E-state index contributed by atoms with van der Waals surface area (Å²) < 4.78 is 64.8. The Morgan fingerprint density at radius 3 is 2.83 bits per heavy atom. The summed E-state index contributed by atoms with van der Waals surface area (Å²) in [5.74, 6) is -5.42. The highest BCUT2D eigenvalue weighted by atomic mass is 35.5. The molecule has 0 saturated heterocycles. The first-order valence-corrected chi connectivity index (χ1v) is 11.0. The number of hydrogen-bond donors (Lipinski definition) is 3. The Morgan fingerprint density at radius 1 is 1.26 bits per heavy atom. The topological polar surface area (TPSA) is 118 Å². The molecule has 0 bridgehead atoms. The normalized spacial score (nSPS) is 19.1. The van der Waals surface area contributed by atoms with Crippen LogP contribution >= 0.6 is 23.1 Å². The number of benzene rings is 2. The summed E-state index contributed by atoms with van der Waals surface area (Å²) >= 11 is 7.18. The lowest BCUT2D eigenvalue weighted by Gasteiger charge is -2.28. The molecule has 3 amide bonds. The molecular weight excluding hydrogens is 502 g/mol. The Kier molecular flexibility index (Phi) is 4.59. The number of anilines is 1. The molecule has 0 radical (unpaired) electrons. The van der Waals surface area contributed by atoms with Crippen molar-refractivity contribution in [3.05, 3.63) is 75.8 Å². The van der Waals surface area contributed by atoms with Gasteiger partial charge in [-0.2, -0.15) is 4.37 Å². The number of amides is 3. The van der Waals surface area contributed by atoms with E-state index in [1.165, 1.54) is 12.1 Å². The lowest BCUT2D eigenvalue weighted by Crippen LogP contribution is -2.41. The number of hydrogen-bond acceptors (Lipinski definition) is 6. The van der Waals surface area contributed by atoms with Crippen LogP contribution in [0, 0.1) is 11.6 Å². The largest absolute Gasteiger partial charge is 0.352 e. The van der Waals surface area contributed by atoms with Gasteiger partial charge < -0.3 is 20.5 Å². The molecule has 1 atom stereocenters. The molecule has 13 heteroatoms. The molecule has 5 rings (SSSR count). The molecule has 0 aliphatic carbocycles. The highest BCUT2D eigenvalue weighted by Crippen LogP contribution is 2.36. The first kappa shape index (κ1) is 18.4. The van der Waals surface area contributed by atoms with E-state index in [0.717, 1.165) is 40.4 Å². The Morgan fingerprint density at radius 2 is 2.03 bits per heavy atom. The smallest absolute Gasteiger partial charge is 0.287 e. The first-order valence-electron chi connectivity index (χ1n) is 11.8. The highest BCUT2D eigenvalue weighted by molar-refractivity contribution is 7.13. The fourth-order valence-corrected chi connectivity index (χ4v) is 4.65.